The maximum absolute atomic E-state index is 11.7. The Hall–Kier alpha value is -1.88. The molecule has 98 valence electrons. The minimum Gasteiger partial charge on any atom is -0.355 e. The molecule has 0 saturated heterocycles. The molecule has 5 heteroatoms. The molecular formula is C13H19N3O2. The summed E-state index contributed by atoms with van der Waals surface area (Å²) >= 11 is 0. The smallest absolute Gasteiger partial charge is 0.251 e. The molecule has 18 heavy (non-hydrogen) atoms. The molecule has 1 aromatic rings. The van der Waals surface area contributed by atoms with Crippen molar-refractivity contribution in [3.05, 3.63) is 29.8 Å². The van der Waals surface area contributed by atoms with Crippen molar-refractivity contribution in [3.8, 4) is 0 Å². The third kappa shape index (κ3) is 4.55. The van der Waals surface area contributed by atoms with Crippen LogP contribution < -0.4 is 16.4 Å². The highest BCUT2D eigenvalue weighted by molar-refractivity contribution is 5.97. The van der Waals surface area contributed by atoms with Gasteiger partial charge in [0.25, 0.3) is 5.91 Å². The number of carbonyl (C=O) groups is 2. The third-order valence-electron chi connectivity index (χ3n) is 2.25. The van der Waals surface area contributed by atoms with Gasteiger partial charge in [-0.1, -0.05) is 6.07 Å². The number of hydrogen-bond donors (Lipinski definition) is 3. The topological polar surface area (TPSA) is 84.2 Å². The maximum atomic E-state index is 11.7. The van der Waals surface area contributed by atoms with Gasteiger partial charge in [0, 0.05) is 30.3 Å². The summed E-state index contributed by atoms with van der Waals surface area (Å²) in [6, 6.07) is 6.75. The minimum atomic E-state index is -0.553. The van der Waals surface area contributed by atoms with Gasteiger partial charge in [-0.05, 0) is 32.0 Å². The number of benzene rings is 1. The Labute approximate surface area is 107 Å². The maximum Gasteiger partial charge on any atom is 0.251 e. The summed E-state index contributed by atoms with van der Waals surface area (Å²) in [4.78, 5) is 23.1. The number of amides is 2. The van der Waals surface area contributed by atoms with Crippen LogP contribution in [0.15, 0.2) is 24.3 Å². The summed E-state index contributed by atoms with van der Waals surface area (Å²) < 4.78 is 0. The molecule has 1 rings (SSSR count). The van der Waals surface area contributed by atoms with Gasteiger partial charge >= 0.3 is 0 Å². The van der Waals surface area contributed by atoms with Crippen molar-refractivity contribution in [1.29, 1.82) is 0 Å². The molecule has 0 fully saturated rings. The van der Waals surface area contributed by atoms with Crippen molar-refractivity contribution in [3.63, 3.8) is 0 Å². The van der Waals surface area contributed by atoms with E-state index < -0.39 is 5.54 Å². The van der Waals surface area contributed by atoms with E-state index in [9.17, 15) is 9.59 Å². The van der Waals surface area contributed by atoms with Crippen LogP contribution in [0.2, 0.25) is 0 Å². The normalized spacial score (nSPS) is 10.9. The Morgan fingerprint density at radius 1 is 1.33 bits per heavy atom. The lowest BCUT2D eigenvalue weighted by atomic mass is 10.0. The molecule has 0 spiro atoms. The fraction of sp³-hybridized carbons (Fsp3) is 0.385. The quantitative estimate of drug-likeness (QED) is 0.747. The first kappa shape index (κ1) is 14.2. The molecular weight excluding hydrogens is 230 g/mol. The van der Waals surface area contributed by atoms with Gasteiger partial charge in [-0.15, -0.1) is 0 Å². The van der Waals surface area contributed by atoms with E-state index in [4.69, 9.17) is 5.73 Å². The van der Waals surface area contributed by atoms with Crippen molar-refractivity contribution < 1.29 is 9.59 Å². The molecule has 4 N–H and O–H groups in total. The van der Waals surface area contributed by atoms with Crippen LogP contribution in [0.25, 0.3) is 0 Å². The zero-order valence-corrected chi connectivity index (χ0v) is 10.9. The SMILES string of the molecule is CNC(=O)c1cccc(NC(=O)CC(C)(C)N)c1. The van der Waals surface area contributed by atoms with Gasteiger partial charge in [-0.2, -0.15) is 0 Å². The second-order valence-corrected chi connectivity index (χ2v) is 4.87. The number of rotatable bonds is 4. The first-order valence-electron chi connectivity index (χ1n) is 5.73. The molecule has 1 aromatic carbocycles. The number of nitrogens with two attached hydrogens (primary N) is 1. The first-order valence-corrected chi connectivity index (χ1v) is 5.73. The largest absolute Gasteiger partial charge is 0.355 e. The third-order valence-corrected chi connectivity index (χ3v) is 2.25. The molecule has 0 aliphatic rings. The molecule has 0 heterocycles. The summed E-state index contributed by atoms with van der Waals surface area (Å²) in [5, 5.41) is 5.25. The number of carbonyl (C=O) groups excluding carboxylic acids is 2. The molecule has 5 nitrogen and oxygen atoms in total. The molecule has 0 bridgehead atoms. The summed E-state index contributed by atoms with van der Waals surface area (Å²) in [5.74, 6) is -0.359. The Morgan fingerprint density at radius 2 is 2.00 bits per heavy atom. The summed E-state index contributed by atoms with van der Waals surface area (Å²) in [6.45, 7) is 3.57. The van der Waals surface area contributed by atoms with Crippen LogP contribution in [0.1, 0.15) is 30.6 Å². The van der Waals surface area contributed by atoms with Gasteiger partial charge < -0.3 is 16.4 Å². The van der Waals surface area contributed by atoms with Crippen LogP contribution in [-0.4, -0.2) is 24.4 Å². The van der Waals surface area contributed by atoms with Crippen LogP contribution in [0.3, 0.4) is 0 Å². The van der Waals surface area contributed by atoms with E-state index in [0.717, 1.165) is 0 Å². The van der Waals surface area contributed by atoms with Crippen molar-refractivity contribution >= 4 is 17.5 Å². The van der Waals surface area contributed by atoms with E-state index in [0.29, 0.717) is 11.3 Å². The van der Waals surface area contributed by atoms with E-state index >= 15 is 0 Å². The Morgan fingerprint density at radius 3 is 2.56 bits per heavy atom. The predicted octanol–water partition coefficient (Wildman–Crippen LogP) is 1.11. The number of anilines is 1. The molecule has 0 aromatic heterocycles. The molecule has 0 aliphatic heterocycles. The average Bonchev–Trinajstić information content (AvgIpc) is 2.25. The average molecular weight is 249 g/mol. The fourth-order valence-electron chi connectivity index (χ4n) is 1.50. The zero-order valence-electron chi connectivity index (χ0n) is 10.9. The summed E-state index contributed by atoms with van der Waals surface area (Å²) in [7, 11) is 1.56. The molecule has 0 radical (unpaired) electrons. The van der Waals surface area contributed by atoms with Crippen molar-refractivity contribution in [2.24, 2.45) is 5.73 Å². The van der Waals surface area contributed by atoms with E-state index in [2.05, 4.69) is 10.6 Å². The van der Waals surface area contributed by atoms with Crippen LogP contribution in [0.4, 0.5) is 5.69 Å². The van der Waals surface area contributed by atoms with Gasteiger partial charge in [0.05, 0.1) is 0 Å². The Bertz CT molecular complexity index is 450. The van der Waals surface area contributed by atoms with Gasteiger partial charge in [0.1, 0.15) is 0 Å². The molecule has 0 atom stereocenters. The molecule has 0 aliphatic carbocycles. The second kappa shape index (κ2) is 5.64. The van der Waals surface area contributed by atoms with Crippen LogP contribution in [0, 0.1) is 0 Å². The monoisotopic (exact) mass is 249 g/mol. The first-order chi connectivity index (χ1) is 8.31. The zero-order chi connectivity index (χ0) is 13.8. The lowest BCUT2D eigenvalue weighted by Crippen LogP contribution is -2.36. The minimum absolute atomic E-state index is 0.170. The van der Waals surface area contributed by atoms with E-state index in [-0.39, 0.29) is 18.2 Å². The van der Waals surface area contributed by atoms with Crippen molar-refractivity contribution in [2.45, 2.75) is 25.8 Å². The number of hydrogen-bond acceptors (Lipinski definition) is 3. The number of nitrogens with one attached hydrogen (secondary N) is 2. The van der Waals surface area contributed by atoms with Gasteiger partial charge in [0.15, 0.2) is 0 Å². The predicted molar refractivity (Wildman–Crippen MR) is 71.3 cm³/mol. The standard InChI is InChI=1S/C13H19N3O2/c1-13(2,14)8-11(17)16-10-6-4-5-9(7-10)12(18)15-3/h4-7H,8,14H2,1-3H3,(H,15,18)(H,16,17). The molecule has 0 saturated carbocycles. The van der Waals surface area contributed by atoms with Crippen LogP contribution in [-0.2, 0) is 4.79 Å². The summed E-state index contributed by atoms with van der Waals surface area (Å²) in [5.41, 5.74) is 6.30. The second-order valence-electron chi connectivity index (χ2n) is 4.87. The lowest BCUT2D eigenvalue weighted by molar-refractivity contribution is -0.117. The van der Waals surface area contributed by atoms with Crippen molar-refractivity contribution in [2.75, 3.05) is 12.4 Å². The van der Waals surface area contributed by atoms with E-state index in [1.165, 1.54) is 0 Å². The van der Waals surface area contributed by atoms with Crippen LogP contribution >= 0.6 is 0 Å². The summed E-state index contributed by atoms with van der Waals surface area (Å²) in [6.07, 6.45) is 0.219. The highest BCUT2D eigenvalue weighted by Crippen LogP contribution is 2.12. The molecule has 2 amide bonds. The lowest BCUT2D eigenvalue weighted by Gasteiger charge is -2.17. The highest BCUT2D eigenvalue weighted by Gasteiger charge is 2.16. The highest BCUT2D eigenvalue weighted by atomic mass is 16.2. The van der Waals surface area contributed by atoms with E-state index in [1.54, 1.807) is 45.2 Å². The Balaban J connectivity index is 2.74. The van der Waals surface area contributed by atoms with Crippen LogP contribution in [0.5, 0.6) is 0 Å². The Kier molecular flexibility index (Phi) is 4.44. The molecule has 0 unspecified atom stereocenters. The van der Waals surface area contributed by atoms with Crippen molar-refractivity contribution in [1.82, 2.24) is 5.32 Å². The van der Waals surface area contributed by atoms with Gasteiger partial charge in [-0.25, -0.2) is 0 Å². The fourth-order valence-corrected chi connectivity index (χ4v) is 1.50. The van der Waals surface area contributed by atoms with Gasteiger partial charge in [0.2, 0.25) is 5.91 Å². The van der Waals surface area contributed by atoms with E-state index in [1.807, 2.05) is 0 Å². The van der Waals surface area contributed by atoms with Gasteiger partial charge in [-0.3, -0.25) is 9.59 Å².